The summed E-state index contributed by atoms with van der Waals surface area (Å²) in [6.07, 6.45) is 4.81. The van der Waals surface area contributed by atoms with Gasteiger partial charge in [-0.1, -0.05) is 0 Å². The van der Waals surface area contributed by atoms with Crippen molar-refractivity contribution in [1.29, 1.82) is 0 Å². The van der Waals surface area contributed by atoms with Crippen molar-refractivity contribution in [3.63, 3.8) is 0 Å². The molecule has 1 aliphatic rings. The van der Waals surface area contributed by atoms with Crippen LogP contribution in [0.5, 0.6) is 0 Å². The molecule has 1 aliphatic heterocycles. The summed E-state index contributed by atoms with van der Waals surface area (Å²) in [5, 5.41) is 13.7. The highest BCUT2D eigenvalue weighted by Gasteiger charge is 2.17. The van der Waals surface area contributed by atoms with E-state index >= 15 is 0 Å². The monoisotopic (exact) mass is 209 g/mol. The van der Waals surface area contributed by atoms with Crippen molar-refractivity contribution in [2.75, 3.05) is 19.6 Å². The average molecular weight is 209 g/mol. The van der Waals surface area contributed by atoms with Gasteiger partial charge in [0.05, 0.1) is 6.10 Å². The van der Waals surface area contributed by atoms with Crippen LogP contribution in [0.2, 0.25) is 0 Å². The van der Waals surface area contributed by atoms with E-state index in [2.05, 4.69) is 16.1 Å². The lowest BCUT2D eigenvalue weighted by Gasteiger charge is -2.29. The molecule has 4 heteroatoms. The number of hydrogen-bond acceptors (Lipinski definition) is 3. The molecule has 84 valence electrons. The number of aryl methyl sites for hydroxylation is 1. The SMILES string of the molecule is Cn1nccc1CCN1CCC[C@H](O)C1. The van der Waals surface area contributed by atoms with Gasteiger partial charge in [-0.05, 0) is 25.5 Å². The number of piperidine rings is 1. The van der Waals surface area contributed by atoms with Crippen LogP contribution in [0.1, 0.15) is 18.5 Å². The van der Waals surface area contributed by atoms with E-state index in [0.29, 0.717) is 0 Å². The summed E-state index contributed by atoms with van der Waals surface area (Å²) in [5.41, 5.74) is 1.26. The molecule has 0 aromatic carbocycles. The van der Waals surface area contributed by atoms with Crippen LogP contribution in [0, 0.1) is 0 Å². The lowest BCUT2D eigenvalue weighted by molar-refractivity contribution is 0.0711. The molecule has 1 atom stereocenters. The van der Waals surface area contributed by atoms with E-state index in [0.717, 1.165) is 38.9 Å². The van der Waals surface area contributed by atoms with Crippen LogP contribution >= 0.6 is 0 Å². The Morgan fingerprint density at radius 1 is 1.60 bits per heavy atom. The lowest BCUT2D eigenvalue weighted by Crippen LogP contribution is -2.39. The Morgan fingerprint density at radius 2 is 2.47 bits per heavy atom. The lowest BCUT2D eigenvalue weighted by atomic mass is 10.1. The second kappa shape index (κ2) is 4.77. The standard InChI is InChI=1S/C11H19N3O/c1-13-10(4-6-12-13)5-8-14-7-2-3-11(15)9-14/h4,6,11,15H,2-3,5,7-9H2,1H3/t11-/m0/s1. The van der Waals surface area contributed by atoms with E-state index in [1.54, 1.807) is 0 Å². The molecule has 1 aromatic rings. The van der Waals surface area contributed by atoms with Crippen molar-refractivity contribution >= 4 is 0 Å². The second-order valence-electron chi connectivity index (χ2n) is 4.29. The molecule has 0 radical (unpaired) electrons. The second-order valence-corrected chi connectivity index (χ2v) is 4.29. The third-order valence-electron chi connectivity index (χ3n) is 3.09. The van der Waals surface area contributed by atoms with Gasteiger partial charge in [0.2, 0.25) is 0 Å². The number of nitrogens with zero attached hydrogens (tertiary/aromatic N) is 3. The van der Waals surface area contributed by atoms with Gasteiger partial charge in [0.1, 0.15) is 0 Å². The molecule has 2 heterocycles. The Labute approximate surface area is 90.5 Å². The predicted octanol–water partition coefficient (Wildman–Crippen LogP) is 0.419. The minimum atomic E-state index is -0.120. The minimum Gasteiger partial charge on any atom is -0.392 e. The highest BCUT2D eigenvalue weighted by Crippen LogP contribution is 2.10. The van der Waals surface area contributed by atoms with E-state index in [1.807, 2.05) is 17.9 Å². The van der Waals surface area contributed by atoms with Crippen molar-refractivity contribution in [2.24, 2.45) is 7.05 Å². The zero-order chi connectivity index (χ0) is 10.7. The van der Waals surface area contributed by atoms with Gasteiger partial charge in [-0.3, -0.25) is 4.68 Å². The molecule has 15 heavy (non-hydrogen) atoms. The van der Waals surface area contributed by atoms with Crippen LogP contribution < -0.4 is 0 Å². The van der Waals surface area contributed by atoms with E-state index in [9.17, 15) is 5.11 Å². The Bertz CT molecular complexity index is 311. The fraction of sp³-hybridized carbons (Fsp3) is 0.727. The Kier molecular flexibility index (Phi) is 3.38. The molecule has 0 amide bonds. The van der Waals surface area contributed by atoms with Gasteiger partial charge in [-0.15, -0.1) is 0 Å². The van der Waals surface area contributed by atoms with Crippen molar-refractivity contribution in [3.8, 4) is 0 Å². The molecular formula is C11H19N3O. The molecule has 2 rings (SSSR count). The maximum atomic E-state index is 9.53. The van der Waals surface area contributed by atoms with Gasteiger partial charge in [0, 0.05) is 38.4 Å². The first-order valence-corrected chi connectivity index (χ1v) is 5.63. The van der Waals surface area contributed by atoms with Crippen molar-refractivity contribution in [1.82, 2.24) is 14.7 Å². The molecule has 1 fully saturated rings. The van der Waals surface area contributed by atoms with Crippen LogP contribution in [-0.2, 0) is 13.5 Å². The maximum Gasteiger partial charge on any atom is 0.0667 e. The summed E-state index contributed by atoms with van der Waals surface area (Å²) in [6.45, 7) is 2.98. The van der Waals surface area contributed by atoms with E-state index < -0.39 is 0 Å². The van der Waals surface area contributed by atoms with Gasteiger partial charge < -0.3 is 10.0 Å². The fourth-order valence-corrected chi connectivity index (χ4v) is 2.15. The zero-order valence-corrected chi connectivity index (χ0v) is 9.26. The smallest absolute Gasteiger partial charge is 0.0667 e. The maximum absolute atomic E-state index is 9.53. The summed E-state index contributed by atoms with van der Waals surface area (Å²) >= 11 is 0. The third kappa shape index (κ3) is 2.79. The van der Waals surface area contributed by atoms with Gasteiger partial charge in [0.15, 0.2) is 0 Å². The molecule has 1 N–H and O–H groups in total. The molecule has 4 nitrogen and oxygen atoms in total. The summed E-state index contributed by atoms with van der Waals surface area (Å²) in [6, 6.07) is 2.06. The summed E-state index contributed by atoms with van der Waals surface area (Å²) in [7, 11) is 1.97. The first kappa shape index (κ1) is 10.6. The summed E-state index contributed by atoms with van der Waals surface area (Å²) < 4.78 is 1.92. The van der Waals surface area contributed by atoms with Crippen molar-refractivity contribution in [3.05, 3.63) is 18.0 Å². The molecule has 1 saturated heterocycles. The van der Waals surface area contributed by atoms with Gasteiger partial charge in [0.25, 0.3) is 0 Å². The molecular weight excluding hydrogens is 190 g/mol. The normalized spacial score (nSPS) is 23.2. The molecule has 1 aromatic heterocycles. The van der Waals surface area contributed by atoms with Crippen molar-refractivity contribution < 1.29 is 5.11 Å². The number of aliphatic hydroxyl groups is 1. The highest BCUT2D eigenvalue weighted by molar-refractivity contribution is 5.00. The van der Waals surface area contributed by atoms with Gasteiger partial charge in [-0.2, -0.15) is 5.10 Å². The van der Waals surface area contributed by atoms with Crippen molar-refractivity contribution in [2.45, 2.75) is 25.4 Å². The molecule has 0 unspecified atom stereocenters. The average Bonchev–Trinajstić information content (AvgIpc) is 2.61. The quantitative estimate of drug-likeness (QED) is 0.784. The predicted molar refractivity (Wildman–Crippen MR) is 58.6 cm³/mol. The van der Waals surface area contributed by atoms with Crippen LogP contribution in [0.25, 0.3) is 0 Å². The van der Waals surface area contributed by atoms with Crippen LogP contribution in [0.15, 0.2) is 12.3 Å². The van der Waals surface area contributed by atoms with Crippen LogP contribution in [0.4, 0.5) is 0 Å². The molecule has 0 saturated carbocycles. The first-order valence-electron chi connectivity index (χ1n) is 5.63. The van der Waals surface area contributed by atoms with E-state index in [-0.39, 0.29) is 6.10 Å². The Balaban J connectivity index is 1.80. The fourth-order valence-electron chi connectivity index (χ4n) is 2.15. The Hall–Kier alpha value is -0.870. The number of aromatic nitrogens is 2. The number of aliphatic hydroxyl groups excluding tert-OH is 1. The largest absolute Gasteiger partial charge is 0.392 e. The topological polar surface area (TPSA) is 41.3 Å². The number of hydrogen-bond donors (Lipinski definition) is 1. The number of β-amino-alcohol motifs (C(OH)–C–C–N with tert-alkyl or cyclic N) is 1. The van der Waals surface area contributed by atoms with Gasteiger partial charge in [-0.25, -0.2) is 0 Å². The molecule has 0 spiro atoms. The molecule has 0 bridgehead atoms. The highest BCUT2D eigenvalue weighted by atomic mass is 16.3. The van der Waals surface area contributed by atoms with E-state index in [1.165, 1.54) is 5.69 Å². The summed E-state index contributed by atoms with van der Waals surface area (Å²) in [5.74, 6) is 0. The third-order valence-corrected chi connectivity index (χ3v) is 3.09. The van der Waals surface area contributed by atoms with Crippen LogP contribution in [-0.4, -0.2) is 45.5 Å². The van der Waals surface area contributed by atoms with Crippen LogP contribution in [0.3, 0.4) is 0 Å². The minimum absolute atomic E-state index is 0.120. The Morgan fingerprint density at radius 3 is 3.13 bits per heavy atom. The zero-order valence-electron chi connectivity index (χ0n) is 9.26. The summed E-state index contributed by atoms with van der Waals surface area (Å²) in [4.78, 5) is 2.33. The van der Waals surface area contributed by atoms with Gasteiger partial charge >= 0.3 is 0 Å². The number of rotatable bonds is 3. The number of likely N-dealkylation sites (tertiary alicyclic amines) is 1. The molecule has 0 aliphatic carbocycles. The van der Waals surface area contributed by atoms with E-state index in [4.69, 9.17) is 0 Å². The first-order chi connectivity index (χ1) is 7.25.